The Morgan fingerprint density at radius 2 is 2.04 bits per heavy atom. The van der Waals surface area contributed by atoms with Gasteiger partial charge in [-0.1, -0.05) is 18.2 Å². The second-order valence-corrected chi connectivity index (χ2v) is 7.08. The number of halogens is 1. The number of nitrogens with zero attached hydrogens (tertiary/aromatic N) is 2. The van der Waals surface area contributed by atoms with Crippen molar-refractivity contribution in [2.75, 3.05) is 12.0 Å². The fourth-order valence-corrected chi connectivity index (χ4v) is 3.68. The van der Waals surface area contributed by atoms with E-state index in [2.05, 4.69) is 15.9 Å². The number of amidine groups is 1. The minimum absolute atomic E-state index is 0.0392. The Morgan fingerprint density at radius 3 is 2.73 bits per heavy atom. The van der Waals surface area contributed by atoms with Gasteiger partial charge in [-0.2, -0.15) is 0 Å². The molecule has 0 atom stereocenters. The Morgan fingerprint density at radius 1 is 1.31 bits per heavy atom. The number of rotatable bonds is 4. The van der Waals surface area contributed by atoms with Gasteiger partial charge in [0, 0.05) is 6.07 Å². The number of nitrogens with one attached hydrogen (secondary N) is 1. The number of methoxy groups -OCH3 is 1. The maximum atomic E-state index is 12.8. The minimum Gasteiger partial charge on any atom is -0.495 e. The fourth-order valence-electron chi connectivity index (χ4n) is 2.43. The summed E-state index contributed by atoms with van der Waals surface area (Å²) < 4.78 is 5.62. The van der Waals surface area contributed by atoms with Crippen LogP contribution in [0.25, 0.3) is 6.08 Å². The standard InChI is InChI=1S/C17H12BrN3O4S/c1-25-14-5-3-2-4-12(14)20-16(22)15(26-17(20)19)9-10-6-7-11(18)13(8-10)21(23)24/h2-9,19H,1H3/b15-9+,19-17?. The van der Waals surface area contributed by atoms with Crippen molar-refractivity contribution in [1.29, 1.82) is 5.41 Å². The molecule has 0 radical (unpaired) electrons. The molecule has 1 N–H and O–H groups in total. The smallest absolute Gasteiger partial charge is 0.284 e. The van der Waals surface area contributed by atoms with Crippen molar-refractivity contribution < 1.29 is 14.5 Å². The highest BCUT2D eigenvalue weighted by molar-refractivity contribution is 9.10. The molecule has 7 nitrogen and oxygen atoms in total. The first-order valence-electron chi connectivity index (χ1n) is 7.32. The Bertz CT molecular complexity index is 961. The van der Waals surface area contributed by atoms with E-state index in [1.54, 1.807) is 36.4 Å². The molecule has 0 unspecified atom stereocenters. The van der Waals surface area contributed by atoms with Gasteiger partial charge in [-0.3, -0.25) is 25.2 Å². The van der Waals surface area contributed by atoms with E-state index in [0.29, 0.717) is 26.4 Å². The van der Waals surface area contributed by atoms with Gasteiger partial charge in [0.2, 0.25) is 0 Å². The number of carbonyl (C=O) groups is 1. The van der Waals surface area contributed by atoms with E-state index in [-0.39, 0.29) is 16.8 Å². The van der Waals surface area contributed by atoms with E-state index in [0.717, 1.165) is 11.8 Å². The molecule has 0 aliphatic carbocycles. The molecular formula is C17H12BrN3O4S. The number of para-hydroxylation sites is 2. The van der Waals surface area contributed by atoms with Crippen molar-refractivity contribution in [3.8, 4) is 5.75 Å². The van der Waals surface area contributed by atoms with Crippen LogP contribution in [0.2, 0.25) is 0 Å². The van der Waals surface area contributed by atoms with Gasteiger partial charge in [-0.05, 0) is 57.5 Å². The molecule has 1 saturated heterocycles. The molecule has 1 heterocycles. The molecule has 26 heavy (non-hydrogen) atoms. The predicted octanol–water partition coefficient (Wildman–Crippen LogP) is 4.42. The number of hydrogen-bond acceptors (Lipinski definition) is 6. The number of ether oxygens (including phenoxy) is 1. The van der Waals surface area contributed by atoms with Crippen LogP contribution in [0.3, 0.4) is 0 Å². The number of nitro benzene ring substituents is 1. The molecule has 1 aliphatic heterocycles. The molecule has 0 bridgehead atoms. The normalized spacial score (nSPS) is 15.6. The van der Waals surface area contributed by atoms with Crippen molar-refractivity contribution in [2.24, 2.45) is 0 Å². The molecule has 0 spiro atoms. The first-order valence-corrected chi connectivity index (χ1v) is 8.93. The molecular weight excluding hydrogens is 422 g/mol. The second-order valence-electron chi connectivity index (χ2n) is 5.20. The van der Waals surface area contributed by atoms with E-state index in [9.17, 15) is 14.9 Å². The third kappa shape index (κ3) is 3.35. The molecule has 2 aromatic carbocycles. The summed E-state index contributed by atoms with van der Waals surface area (Å²) in [5, 5.41) is 19.2. The van der Waals surface area contributed by atoms with Gasteiger partial charge in [-0.25, -0.2) is 0 Å². The summed E-state index contributed by atoms with van der Waals surface area (Å²) in [5.41, 5.74) is 0.888. The lowest BCUT2D eigenvalue weighted by Crippen LogP contribution is -2.28. The van der Waals surface area contributed by atoms with Crippen LogP contribution >= 0.6 is 27.7 Å². The van der Waals surface area contributed by atoms with Crippen LogP contribution in [0.15, 0.2) is 51.8 Å². The van der Waals surface area contributed by atoms with Gasteiger partial charge < -0.3 is 4.74 Å². The van der Waals surface area contributed by atoms with Crippen LogP contribution in [0.4, 0.5) is 11.4 Å². The SMILES string of the molecule is COc1ccccc1N1C(=N)S/C(=C/c2ccc(Br)c([N+](=O)[O-])c2)C1=O. The zero-order valence-electron chi connectivity index (χ0n) is 13.4. The molecule has 0 saturated carbocycles. The van der Waals surface area contributed by atoms with Crippen molar-refractivity contribution in [1.82, 2.24) is 0 Å². The van der Waals surface area contributed by atoms with Crippen LogP contribution in [-0.4, -0.2) is 23.1 Å². The Kier molecular flexibility index (Phi) is 5.10. The summed E-state index contributed by atoms with van der Waals surface area (Å²) in [6.07, 6.45) is 1.54. The van der Waals surface area contributed by atoms with E-state index in [4.69, 9.17) is 10.1 Å². The lowest BCUT2D eigenvalue weighted by atomic mass is 10.2. The Hall–Kier alpha value is -2.65. The quantitative estimate of drug-likeness (QED) is 0.437. The van der Waals surface area contributed by atoms with Gasteiger partial charge in [-0.15, -0.1) is 0 Å². The monoisotopic (exact) mass is 433 g/mol. The maximum absolute atomic E-state index is 12.8. The van der Waals surface area contributed by atoms with Crippen LogP contribution < -0.4 is 9.64 Å². The van der Waals surface area contributed by atoms with Crippen molar-refractivity contribution >= 4 is 56.2 Å². The summed E-state index contributed by atoms with van der Waals surface area (Å²) in [4.78, 5) is 24.9. The fraction of sp³-hybridized carbons (Fsp3) is 0.0588. The summed E-state index contributed by atoms with van der Waals surface area (Å²) in [6.45, 7) is 0. The van der Waals surface area contributed by atoms with Crippen LogP contribution in [0, 0.1) is 15.5 Å². The van der Waals surface area contributed by atoms with E-state index >= 15 is 0 Å². The number of hydrogen-bond donors (Lipinski definition) is 1. The first kappa shape index (κ1) is 18.2. The van der Waals surface area contributed by atoms with Crippen molar-refractivity contribution in [3.05, 3.63) is 67.5 Å². The molecule has 2 aromatic rings. The number of anilines is 1. The number of thioether (sulfide) groups is 1. The molecule has 132 valence electrons. The third-order valence-corrected chi connectivity index (χ3v) is 5.17. The summed E-state index contributed by atoms with van der Waals surface area (Å²) in [5.74, 6) is 0.0989. The number of carbonyl (C=O) groups excluding carboxylic acids is 1. The average Bonchev–Trinajstić information content (AvgIpc) is 2.89. The highest BCUT2D eigenvalue weighted by atomic mass is 79.9. The number of nitro groups is 1. The lowest BCUT2D eigenvalue weighted by molar-refractivity contribution is -0.385. The molecule has 1 amide bonds. The second kappa shape index (κ2) is 7.30. The average molecular weight is 434 g/mol. The van der Waals surface area contributed by atoms with E-state index in [1.165, 1.54) is 24.2 Å². The summed E-state index contributed by atoms with van der Waals surface area (Å²) in [7, 11) is 1.49. The van der Waals surface area contributed by atoms with Crippen LogP contribution in [0.1, 0.15) is 5.56 Å². The van der Waals surface area contributed by atoms with Crippen LogP contribution in [-0.2, 0) is 4.79 Å². The van der Waals surface area contributed by atoms with Crippen molar-refractivity contribution in [3.63, 3.8) is 0 Å². The van der Waals surface area contributed by atoms with Gasteiger partial charge in [0.05, 0.1) is 27.1 Å². The van der Waals surface area contributed by atoms with Crippen LogP contribution in [0.5, 0.6) is 5.75 Å². The molecule has 9 heteroatoms. The topological polar surface area (TPSA) is 96.5 Å². The predicted molar refractivity (Wildman–Crippen MR) is 105 cm³/mol. The van der Waals surface area contributed by atoms with Gasteiger partial charge in [0.25, 0.3) is 11.6 Å². The molecule has 1 aliphatic rings. The molecule has 3 rings (SSSR count). The highest BCUT2D eigenvalue weighted by Gasteiger charge is 2.35. The zero-order valence-corrected chi connectivity index (χ0v) is 15.8. The molecule has 0 aromatic heterocycles. The molecule has 1 fully saturated rings. The minimum atomic E-state index is -0.501. The Balaban J connectivity index is 1.98. The summed E-state index contributed by atoms with van der Waals surface area (Å²) in [6, 6.07) is 11.5. The number of benzene rings is 2. The number of amides is 1. The van der Waals surface area contributed by atoms with Crippen molar-refractivity contribution in [2.45, 2.75) is 0 Å². The summed E-state index contributed by atoms with van der Waals surface area (Å²) >= 11 is 4.12. The largest absolute Gasteiger partial charge is 0.495 e. The zero-order chi connectivity index (χ0) is 18.8. The lowest BCUT2D eigenvalue weighted by Gasteiger charge is -2.17. The first-order chi connectivity index (χ1) is 12.4. The highest BCUT2D eigenvalue weighted by Crippen LogP contribution is 2.39. The van der Waals surface area contributed by atoms with E-state index in [1.807, 2.05) is 0 Å². The maximum Gasteiger partial charge on any atom is 0.284 e. The third-order valence-electron chi connectivity index (χ3n) is 3.61. The van der Waals surface area contributed by atoms with Gasteiger partial charge in [0.1, 0.15) is 5.75 Å². The van der Waals surface area contributed by atoms with Gasteiger partial charge in [0.15, 0.2) is 5.17 Å². The Labute approximate surface area is 161 Å². The van der Waals surface area contributed by atoms with Gasteiger partial charge >= 0.3 is 0 Å². The van der Waals surface area contributed by atoms with E-state index < -0.39 is 4.92 Å².